The molecule has 0 saturated carbocycles. The first kappa shape index (κ1) is 14.7. The summed E-state index contributed by atoms with van der Waals surface area (Å²) in [7, 11) is 0. The summed E-state index contributed by atoms with van der Waals surface area (Å²) in [5, 5.41) is 2.83. The summed E-state index contributed by atoms with van der Waals surface area (Å²) in [6, 6.07) is 7.69. The third-order valence-electron chi connectivity index (χ3n) is 3.23. The molecule has 0 radical (unpaired) electrons. The summed E-state index contributed by atoms with van der Waals surface area (Å²) in [5.41, 5.74) is 0. The van der Waals surface area contributed by atoms with Crippen molar-refractivity contribution in [1.82, 2.24) is 5.32 Å². The van der Waals surface area contributed by atoms with Crippen LogP contribution >= 0.6 is 0 Å². The number of nitrogens with one attached hydrogen (secondary N) is 2. The molecule has 0 aromatic heterocycles. The number of ether oxygens (including phenoxy) is 2. The zero-order valence-electron chi connectivity index (χ0n) is 12.0. The number of hydrogen-bond acceptors (Lipinski definition) is 3. The van der Waals surface area contributed by atoms with Crippen LogP contribution in [0.2, 0.25) is 0 Å². The molecule has 1 aliphatic heterocycles. The van der Waals surface area contributed by atoms with Gasteiger partial charge in [-0.25, -0.2) is 0 Å². The van der Waals surface area contributed by atoms with Gasteiger partial charge in [-0.15, -0.1) is 0 Å². The number of piperazine rings is 1. The lowest BCUT2D eigenvalue weighted by Crippen LogP contribution is -3.15. The fourth-order valence-electron chi connectivity index (χ4n) is 2.14. The smallest absolute Gasteiger partial charge is 0.275 e. The number of hydrogen-bond donors (Lipinski definition) is 2. The van der Waals surface area contributed by atoms with Crippen LogP contribution in [-0.4, -0.2) is 45.3 Å². The molecule has 1 unspecified atom stereocenters. The minimum absolute atomic E-state index is 0.128. The van der Waals surface area contributed by atoms with Crippen molar-refractivity contribution in [2.45, 2.75) is 13.3 Å². The summed E-state index contributed by atoms with van der Waals surface area (Å²) < 4.78 is 11.2. The molecule has 1 aliphatic rings. The molecule has 0 aliphatic carbocycles. The number of amides is 1. The average Bonchev–Trinajstić information content (AvgIpc) is 2.46. The van der Waals surface area contributed by atoms with Gasteiger partial charge in [0, 0.05) is 0 Å². The third-order valence-corrected chi connectivity index (χ3v) is 3.23. The zero-order chi connectivity index (χ0) is 14.2. The third kappa shape index (κ3) is 4.74. The van der Waals surface area contributed by atoms with Crippen molar-refractivity contribution in [3.8, 4) is 11.5 Å². The standard InChI is InChI=1S/C15H22N2O3/c1-2-10-19-13-3-5-14(6-4-13)20-11-9-17-8-7-16-15(18)12-17/h3-6H,2,7-12H2,1H3,(H,16,18)/p+1. The number of quaternary nitrogens is 1. The van der Waals surface area contributed by atoms with Crippen molar-refractivity contribution in [1.29, 1.82) is 0 Å². The highest BCUT2D eigenvalue weighted by atomic mass is 16.5. The van der Waals surface area contributed by atoms with Crippen molar-refractivity contribution in [2.24, 2.45) is 0 Å². The second-order valence-corrected chi connectivity index (χ2v) is 4.95. The molecule has 110 valence electrons. The Hall–Kier alpha value is -1.75. The van der Waals surface area contributed by atoms with E-state index < -0.39 is 0 Å². The van der Waals surface area contributed by atoms with Crippen LogP contribution in [0.15, 0.2) is 24.3 Å². The highest BCUT2D eigenvalue weighted by Gasteiger charge is 2.18. The van der Waals surface area contributed by atoms with Crippen LogP contribution in [0.1, 0.15) is 13.3 Å². The Labute approximate surface area is 119 Å². The summed E-state index contributed by atoms with van der Waals surface area (Å²) in [6.07, 6.45) is 1.00. The highest BCUT2D eigenvalue weighted by molar-refractivity contribution is 5.77. The van der Waals surface area contributed by atoms with Gasteiger partial charge in [0.1, 0.15) is 24.7 Å². The lowest BCUT2D eigenvalue weighted by atomic mass is 10.3. The summed E-state index contributed by atoms with van der Waals surface area (Å²) in [5.74, 6) is 1.84. The van der Waals surface area contributed by atoms with Crippen LogP contribution in [0.5, 0.6) is 11.5 Å². The molecule has 1 amide bonds. The Bertz CT molecular complexity index is 420. The van der Waals surface area contributed by atoms with E-state index in [1.165, 1.54) is 4.90 Å². The molecule has 1 atom stereocenters. The maximum Gasteiger partial charge on any atom is 0.275 e. The largest absolute Gasteiger partial charge is 0.494 e. The molecular formula is C15H23N2O3+. The van der Waals surface area contributed by atoms with E-state index >= 15 is 0 Å². The average molecular weight is 279 g/mol. The second kappa shape index (κ2) is 7.75. The van der Waals surface area contributed by atoms with Gasteiger partial charge in [-0.1, -0.05) is 6.92 Å². The molecule has 1 aromatic carbocycles. The topological polar surface area (TPSA) is 52.0 Å². The molecule has 0 bridgehead atoms. The maximum absolute atomic E-state index is 11.2. The van der Waals surface area contributed by atoms with Gasteiger partial charge in [0.25, 0.3) is 5.91 Å². The minimum atomic E-state index is 0.128. The van der Waals surface area contributed by atoms with Gasteiger partial charge >= 0.3 is 0 Å². The van der Waals surface area contributed by atoms with E-state index in [-0.39, 0.29) is 5.91 Å². The Morgan fingerprint density at radius 3 is 2.40 bits per heavy atom. The Kier molecular flexibility index (Phi) is 5.68. The SMILES string of the molecule is CCCOc1ccc(OCC[NH+]2CCNC(=O)C2)cc1. The van der Waals surface area contributed by atoms with E-state index in [9.17, 15) is 4.79 Å². The van der Waals surface area contributed by atoms with Crippen molar-refractivity contribution >= 4 is 5.91 Å². The predicted octanol–water partition coefficient (Wildman–Crippen LogP) is -0.131. The molecule has 5 nitrogen and oxygen atoms in total. The van der Waals surface area contributed by atoms with E-state index in [0.29, 0.717) is 13.2 Å². The first-order valence-electron chi connectivity index (χ1n) is 7.24. The normalized spacial score (nSPS) is 18.4. The van der Waals surface area contributed by atoms with Crippen LogP contribution in [0.25, 0.3) is 0 Å². The first-order valence-corrected chi connectivity index (χ1v) is 7.24. The molecule has 20 heavy (non-hydrogen) atoms. The number of carbonyl (C=O) groups is 1. The van der Waals surface area contributed by atoms with Gasteiger partial charge in [0.15, 0.2) is 6.54 Å². The molecule has 1 aromatic rings. The van der Waals surface area contributed by atoms with Crippen molar-refractivity contribution in [2.75, 3.05) is 39.4 Å². The van der Waals surface area contributed by atoms with E-state index in [1.807, 2.05) is 24.3 Å². The maximum atomic E-state index is 11.2. The van der Waals surface area contributed by atoms with Gasteiger partial charge in [-0.05, 0) is 30.7 Å². The minimum Gasteiger partial charge on any atom is -0.494 e. The van der Waals surface area contributed by atoms with E-state index in [1.54, 1.807) is 0 Å². The highest BCUT2D eigenvalue weighted by Crippen LogP contribution is 2.17. The second-order valence-electron chi connectivity index (χ2n) is 4.95. The van der Waals surface area contributed by atoms with Crippen LogP contribution in [-0.2, 0) is 4.79 Å². The number of benzene rings is 1. The van der Waals surface area contributed by atoms with E-state index in [4.69, 9.17) is 9.47 Å². The predicted molar refractivity (Wildman–Crippen MR) is 76.3 cm³/mol. The van der Waals surface area contributed by atoms with E-state index in [2.05, 4.69) is 12.2 Å². The Morgan fingerprint density at radius 1 is 1.15 bits per heavy atom. The lowest BCUT2D eigenvalue weighted by Gasteiger charge is -2.23. The molecule has 1 heterocycles. The van der Waals surface area contributed by atoms with E-state index in [0.717, 1.165) is 44.2 Å². The fourth-order valence-corrected chi connectivity index (χ4v) is 2.14. The van der Waals surface area contributed by atoms with Gasteiger partial charge in [0.05, 0.1) is 19.7 Å². The molecule has 0 spiro atoms. The fraction of sp³-hybridized carbons (Fsp3) is 0.533. The molecule has 5 heteroatoms. The molecular weight excluding hydrogens is 256 g/mol. The monoisotopic (exact) mass is 279 g/mol. The summed E-state index contributed by atoms with van der Waals surface area (Å²) in [6.45, 7) is 6.57. The van der Waals surface area contributed by atoms with Gasteiger partial charge in [0.2, 0.25) is 0 Å². The van der Waals surface area contributed by atoms with Crippen LogP contribution in [0.3, 0.4) is 0 Å². The van der Waals surface area contributed by atoms with Crippen molar-refractivity contribution in [3.63, 3.8) is 0 Å². The van der Waals surface area contributed by atoms with Gasteiger partial charge < -0.3 is 19.7 Å². The van der Waals surface area contributed by atoms with Crippen LogP contribution in [0.4, 0.5) is 0 Å². The Balaban J connectivity index is 1.69. The van der Waals surface area contributed by atoms with Crippen LogP contribution < -0.4 is 19.7 Å². The molecule has 2 N–H and O–H groups in total. The molecule has 1 saturated heterocycles. The van der Waals surface area contributed by atoms with Gasteiger partial charge in [-0.2, -0.15) is 0 Å². The summed E-state index contributed by atoms with van der Waals surface area (Å²) in [4.78, 5) is 12.5. The van der Waals surface area contributed by atoms with Crippen LogP contribution in [0, 0.1) is 0 Å². The number of carbonyl (C=O) groups excluding carboxylic acids is 1. The molecule has 1 fully saturated rings. The van der Waals surface area contributed by atoms with Gasteiger partial charge in [-0.3, -0.25) is 4.79 Å². The summed E-state index contributed by atoms with van der Waals surface area (Å²) >= 11 is 0. The quantitative estimate of drug-likeness (QED) is 0.731. The molecule has 2 rings (SSSR count). The van der Waals surface area contributed by atoms with Crippen molar-refractivity contribution in [3.05, 3.63) is 24.3 Å². The first-order chi connectivity index (χ1) is 9.78. The Morgan fingerprint density at radius 2 is 1.80 bits per heavy atom. The lowest BCUT2D eigenvalue weighted by molar-refractivity contribution is -0.893. The van der Waals surface area contributed by atoms with Crippen molar-refractivity contribution < 1.29 is 19.2 Å². The zero-order valence-corrected chi connectivity index (χ0v) is 12.0. The number of rotatable bonds is 7.